The van der Waals surface area contributed by atoms with E-state index in [1.165, 1.54) is 17.5 Å². The average Bonchev–Trinajstić information content (AvgIpc) is 3.26. The first kappa shape index (κ1) is 33.6. The number of carbonyl (C=O) groups excluding carboxylic acids is 1. The number of rotatable bonds is 4. The number of aliphatic carboxylic acids is 3. The summed E-state index contributed by atoms with van der Waals surface area (Å²) in [7, 11) is 0. The maximum atomic E-state index is 10.8. The molecule has 0 aromatic heterocycles. The molecule has 1 fully saturated rings. The number of aryl methyl sites for hydroxylation is 2. The minimum Gasteiger partial charge on any atom is -0.480 e. The Morgan fingerprint density at radius 1 is 0.892 bits per heavy atom. The van der Waals surface area contributed by atoms with Gasteiger partial charge in [0.1, 0.15) is 0 Å². The fraction of sp³-hybridized carbons (Fsp3) is 0.524. The van der Waals surface area contributed by atoms with Gasteiger partial charge in [0, 0.05) is 11.6 Å². The summed E-state index contributed by atoms with van der Waals surface area (Å²) in [5, 5.41) is 28.8. The van der Waals surface area contributed by atoms with Gasteiger partial charge in [-0.25, -0.2) is 9.59 Å². The molecule has 37 heavy (non-hydrogen) atoms. The first-order valence-corrected chi connectivity index (χ1v) is 10.6. The smallest absolute Gasteiger partial charge is 0.480 e. The standard InChI is InChI=1S/C10H11NO.C7H14N2O2.2C2HF3O2/c11-10(12)9-5-4-7-2-1-3-8(7)6-9;10-7(11)5-9-6-1-3-8-4-2-6;2*3-2(4,5)1(6)7/h4-6H,1-3H2,(H2,11,12);6,8-9H,1-5H2,(H,10,11);2*(H,6,7). The van der Waals surface area contributed by atoms with E-state index in [9.17, 15) is 35.9 Å². The molecule has 1 aliphatic heterocycles. The second-order valence-electron chi connectivity index (χ2n) is 7.61. The van der Waals surface area contributed by atoms with Gasteiger partial charge in [0.2, 0.25) is 5.91 Å². The van der Waals surface area contributed by atoms with Crippen molar-refractivity contribution >= 4 is 23.8 Å². The second kappa shape index (κ2) is 15.7. The van der Waals surface area contributed by atoms with Crippen molar-refractivity contribution in [2.45, 2.75) is 50.5 Å². The number of carbonyl (C=O) groups is 4. The van der Waals surface area contributed by atoms with Crippen LogP contribution in [0, 0.1) is 0 Å². The van der Waals surface area contributed by atoms with Crippen LogP contribution in [0.5, 0.6) is 0 Å². The van der Waals surface area contributed by atoms with Gasteiger partial charge in [-0.1, -0.05) is 6.07 Å². The molecular weight excluding hydrogens is 520 g/mol. The summed E-state index contributed by atoms with van der Waals surface area (Å²) in [6.45, 7) is 2.08. The quantitative estimate of drug-likeness (QED) is 0.307. The van der Waals surface area contributed by atoms with E-state index in [-0.39, 0.29) is 12.5 Å². The molecule has 2 aliphatic rings. The summed E-state index contributed by atoms with van der Waals surface area (Å²) in [5.74, 6) is -6.62. The van der Waals surface area contributed by atoms with Crippen LogP contribution in [0.15, 0.2) is 18.2 Å². The molecule has 1 aromatic carbocycles. The highest BCUT2D eigenvalue weighted by molar-refractivity contribution is 5.93. The van der Waals surface area contributed by atoms with Gasteiger partial charge in [-0.2, -0.15) is 26.3 Å². The van der Waals surface area contributed by atoms with Crippen molar-refractivity contribution in [3.8, 4) is 0 Å². The van der Waals surface area contributed by atoms with Crippen LogP contribution in [0.1, 0.15) is 40.7 Å². The van der Waals surface area contributed by atoms with E-state index < -0.39 is 30.3 Å². The summed E-state index contributed by atoms with van der Waals surface area (Å²) in [5.41, 5.74) is 8.48. The molecule has 1 aromatic rings. The number of nitrogens with one attached hydrogen (secondary N) is 2. The van der Waals surface area contributed by atoms with Crippen molar-refractivity contribution in [1.29, 1.82) is 0 Å². The monoisotopic (exact) mass is 547 g/mol. The molecule has 1 aliphatic carbocycles. The summed E-state index contributed by atoms with van der Waals surface area (Å²) >= 11 is 0. The van der Waals surface area contributed by atoms with Gasteiger partial charge in [0.25, 0.3) is 0 Å². The third-order valence-corrected chi connectivity index (χ3v) is 4.75. The number of piperidine rings is 1. The van der Waals surface area contributed by atoms with Crippen LogP contribution in [0.2, 0.25) is 0 Å². The topological polar surface area (TPSA) is 179 Å². The summed E-state index contributed by atoms with van der Waals surface area (Å²) in [6.07, 6.45) is -4.65. The zero-order valence-electron chi connectivity index (χ0n) is 19.3. The van der Waals surface area contributed by atoms with Gasteiger partial charge in [-0.05, 0) is 68.5 Å². The molecule has 10 nitrogen and oxygen atoms in total. The number of hydrogen-bond donors (Lipinski definition) is 6. The van der Waals surface area contributed by atoms with E-state index in [1.54, 1.807) is 0 Å². The van der Waals surface area contributed by atoms with Crippen LogP contribution in [-0.4, -0.2) is 77.2 Å². The fourth-order valence-corrected chi connectivity index (χ4v) is 2.98. The third-order valence-electron chi connectivity index (χ3n) is 4.75. The van der Waals surface area contributed by atoms with Crippen LogP contribution < -0.4 is 16.4 Å². The van der Waals surface area contributed by atoms with E-state index in [4.69, 9.17) is 30.6 Å². The van der Waals surface area contributed by atoms with Crippen molar-refractivity contribution in [2.24, 2.45) is 5.73 Å². The van der Waals surface area contributed by atoms with Crippen molar-refractivity contribution in [3.63, 3.8) is 0 Å². The molecule has 16 heteroatoms. The van der Waals surface area contributed by atoms with Crippen molar-refractivity contribution < 1.29 is 60.8 Å². The minimum atomic E-state index is -5.08. The lowest BCUT2D eigenvalue weighted by molar-refractivity contribution is -0.193. The van der Waals surface area contributed by atoms with Gasteiger partial charge >= 0.3 is 30.3 Å². The lowest BCUT2D eigenvalue weighted by atomic mass is 10.1. The Morgan fingerprint density at radius 3 is 1.76 bits per heavy atom. The third kappa shape index (κ3) is 15.3. The number of amides is 1. The lowest BCUT2D eigenvalue weighted by Crippen LogP contribution is -2.41. The Labute approximate surface area is 206 Å². The molecule has 3 rings (SSSR count). The normalized spacial score (nSPS) is 14.9. The zero-order valence-corrected chi connectivity index (χ0v) is 19.3. The Hall–Kier alpha value is -3.40. The molecule has 0 spiro atoms. The van der Waals surface area contributed by atoms with Crippen molar-refractivity contribution in [2.75, 3.05) is 19.6 Å². The van der Waals surface area contributed by atoms with Gasteiger partial charge < -0.3 is 31.7 Å². The highest BCUT2D eigenvalue weighted by Gasteiger charge is 2.38. The summed E-state index contributed by atoms with van der Waals surface area (Å²) < 4.78 is 63.5. The fourth-order valence-electron chi connectivity index (χ4n) is 2.98. The second-order valence-corrected chi connectivity index (χ2v) is 7.61. The van der Waals surface area contributed by atoms with Crippen LogP contribution >= 0.6 is 0 Å². The number of carboxylic acids is 3. The number of carboxylic acid groups (broad SMARTS) is 3. The number of halogens is 6. The molecule has 210 valence electrons. The maximum absolute atomic E-state index is 10.8. The maximum Gasteiger partial charge on any atom is 0.490 e. The van der Waals surface area contributed by atoms with Gasteiger partial charge in [0.15, 0.2) is 0 Å². The molecule has 7 N–H and O–H groups in total. The molecule has 0 bridgehead atoms. The van der Waals surface area contributed by atoms with Crippen LogP contribution in [0.3, 0.4) is 0 Å². The highest BCUT2D eigenvalue weighted by atomic mass is 19.4. The molecule has 0 radical (unpaired) electrons. The van der Waals surface area contributed by atoms with Crippen LogP contribution in [-0.2, 0) is 27.2 Å². The zero-order chi connectivity index (χ0) is 28.8. The molecule has 0 saturated carbocycles. The first-order chi connectivity index (χ1) is 16.9. The number of benzene rings is 1. The molecule has 0 unspecified atom stereocenters. The van der Waals surface area contributed by atoms with Gasteiger partial charge in [-0.3, -0.25) is 9.59 Å². The van der Waals surface area contributed by atoms with Crippen molar-refractivity contribution in [3.05, 3.63) is 34.9 Å². The lowest BCUT2D eigenvalue weighted by Gasteiger charge is -2.22. The SMILES string of the molecule is NC(=O)c1ccc2c(c1)CCC2.O=C(O)C(F)(F)F.O=C(O)C(F)(F)F.O=C(O)CNC1CCNCC1. The number of fused-ring (bicyclic) bond motifs is 1. The molecule has 0 atom stereocenters. The predicted molar refractivity (Wildman–Crippen MR) is 116 cm³/mol. The molecule has 1 amide bonds. The van der Waals surface area contributed by atoms with E-state index in [0.29, 0.717) is 11.6 Å². The minimum absolute atomic E-state index is 0.0880. The number of nitrogens with two attached hydrogens (primary N) is 1. The van der Waals surface area contributed by atoms with E-state index in [2.05, 4.69) is 10.6 Å². The van der Waals surface area contributed by atoms with Gasteiger partial charge in [-0.15, -0.1) is 0 Å². The Morgan fingerprint density at radius 2 is 1.35 bits per heavy atom. The average molecular weight is 547 g/mol. The predicted octanol–water partition coefficient (Wildman–Crippen LogP) is 1.95. The van der Waals surface area contributed by atoms with E-state index >= 15 is 0 Å². The van der Waals surface area contributed by atoms with E-state index in [0.717, 1.165) is 38.8 Å². The van der Waals surface area contributed by atoms with Gasteiger partial charge in [0.05, 0.1) is 6.54 Å². The molecular formula is C21H27F6N3O7. The van der Waals surface area contributed by atoms with E-state index in [1.807, 2.05) is 18.2 Å². The van der Waals surface area contributed by atoms with Crippen LogP contribution in [0.25, 0.3) is 0 Å². The number of alkyl halides is 6. The largest absolute Gasteiger partial charge is 0.490 e. The van der Waals surface area contributed by atoms with Crippen molar-refractivity contribution in [1.82, 2.24) is 10.6 Å². The summed E-state index contributed by atoms with van der Waals surface area (Å²) in [6, 6.07) is 6.15. The Kier molecular flexibility index (Phi) is 14.2. The Balaban J connectivity index is 0.000000484. The summed E-state index contributed by atoms with van der Waals surface area (Å²) in [4.78, 5) is 38.8. The molecule has 1 saturated heterocycles. The number of primary amides is 1. The first-order valence-electron chi connectivity index (χ1n) is 10.6. The van der Waals surface area contributed by atoms with Crippen LogP contribution in [0.4, 0.5) is 26.3 Å². The molecule has 1 heterocycles. The Bertz CT molecular complexity index is 893. The number of hydrogen-bond acceptors (Lipinski definition) is 6. The highest BCUT2D eigenvalue weighted by Crippen LogP contribution is 2.22.